The first-order valence-corrected chi connectivity index (χ1v) is 12.0. The lowest BCUT2D eigenvalue weighted by Gasteiger charge is -2.42. The molecule has 182 valence electrons. The zero-order chi connectivity index (χ0) is 24.3. The molecule has 4 amide bonds. The van der Waals surface area contributed by atoms with Crippen molar-refractivity contribution in [1.82, 2.24) is 14.7 Å². The lowest BCUT2D eigenvalue weighted by molar-refractivity contribution is -0.137. The molecule has 34 heavy (non-hydrogen) atoms. The molecule has 0 saturated carbocycles. The number of nitrogens with two attached hydrogens (primary N) is 1. The highest BCUT2D eigenvalue weighted by Crippen LogP contribution is 2.37. The molecule has 3 heterocycles. The number of imide groups is 1. The number of piperidine rings is 1. The SMILES string of the molecule is Cc1ccc([C@H](C)CCN2CCC3(CC2)C(=O)N(CC(N)=O)C(=O)N3CCc2ccccc2)o1. The van der Waals surface area contributed by atoms with Gasteiger partial charge in [0.1, 0.15) is 23.6 Å². The zero-order valence-corrected chi connectivity index (χ0v) is 20.0. The number of carbonyl (C=O) groups is 3. The number of hydrogen-bond donors (Lipinski definition) is 1. The van der Waals surface area contributed by atoms with E-state index in [1.54, 1.807) is 4.90 Å². The molecule has 1 atom stereocenters. The van der Waals surface area contributed by atoms with Gasteiger partial charge in [-0.2, -0.15) is 0 Å². The Morgan fingerprint density at radius 3 is 2.41 bits per heavy atom. The maximum absolute atomic E-state index is 13.4. The molecule has 0 bridgehead atoms. The van der Waals surface area contributed by atoms with Crippen LogP contribution in [-0.2, 0) is 16.0 Å². The predicted molar refractivity (Wildman–Crippen MR) is 128 cm³/mol. The van der Waals surface area contributed by atoms with Crippen LogP contribution in [0.2, 0.25) is 0 Å². The minimum Gasteiger partial charge on any atom is -0.466 e. The molecule has 8 nitrogen and oxygen atoms in total. The predicted octanol–water partition coefficient (Wildman–Crippen LogP) is 2.91. The van der Waals surface area contributed by atoms with Crippen molar-refractivity contribution < 1.29 is 18.8 Å². The Balaban J connectivity index is 1.43. The van der Waals surface area contributed by atoms with Crippen LogP contribution in [0.3, 0.4) is 0 Å². The molecular weight excluding hydrogens is 432 g/mol. The highest BCUT2D eigenvalue weighted by atomic mass is 16.3. The molecule has 1 spiro atoms. The first-order valence-electron chi connectivity index (χ1n) is 12.0. The van der Waals surface area contributed by atoms with Gasteiger partial charge in [0.05, 0.1) is 0 Å². The van der Waals surface area contributed by atoms with Crippen LogP contribution >= 0.6 is 0 Å². The lowest BCUT2D eigenvalue weighted by atomic mass is 9.85. The van der Waals surface area contributed by atoms with Gasteiger partial charge in [-0.15, -0.1) is 0 Å². The van der Waals surface area contributed by atoms with Crippen LogP contribution in [0.15, 0.2) is 46.9 Å². The van der Waals surface area contributed by atoms with Crippen LogP contribution in [0.5, 0.6) is 0 Å². The summed E-state index contributed by atoms with van der Waals surface area (Å²) in [4.78, 5) is 43.3. The van der Waals surface area contributed by atoms with E-state index in [0.29, 0.717) is 31.7 Å². The Hall–Kier alpha value is -3.13. The summed E-state index contributed by atoms with van der Waals surface area (Å²) in [5.41, 5.74) is 5.55. The zero-order valence-electron chi connectivity index (χ0n) is 20.0. The van der Waals surface area contributed by atoms with Crippen molar-refractivity contribution in [2.45, 2.75) is 51.0 Å². The van der Waals surface area contributed by atoms with Crippen LogP contribution in [-0.4, -0.2) is 70.8 Å². The van der Waals surface area contributed by atoms with Crippen LogP contribution in [0.25, 0.3) is 0 Å². The second kappa shape index (κ2) is 10.0. The van der Waals surface area contributed by atoms with E-state index in [1.165, 1.54) is 0 Å². The average Bonchev–Trinajstić information content (AvgIpc) is 3.34. The van der Waals surface area contributed by atoms with Crippen LogP contribution < -0.4 is 5.73 Å². The summed E-state index contributed by atoms with van der Waals surface area (Å²) >= 11 is 0. The summed E-state index contributed by atoms with van der Waals surface area (Å²) in [6.45, 7) is 6.50. The topological polar surface area (TPSA) is 100 Å². The van der Waals surface area contributed by atoms with E-state index < -0.39 is 17.5 Å². The average molecular weight is 467 g/mol. The molecule has 2 aliphatic rings. The maximum Gasteiger partial charge on any atom is 0.328 e. The first-order chi connectivity index (χ1) is 16.3. The highest BCUT2D eigenvalue weighted by Gasteiger charge is 2.57. The number of carbonyl (C=O) groups excluding carboxylic acids is 3. The van der Waals surface area contributed by atoms with Crippen LogP contribution in [0, 0.1) is 6.92 Å². The lowest BCUT2D eigenvalue weighted by Crippen LogP contribution is -2.57. The summed E-state index contributed by atoms with van der Waals surface area (Å²) in [5.74, 6) is 1.26. The van der Waals surface area contributed by atoms with Gasteiger partial charge in [0, 0.05) is 25.6 Å². The third-order valence-corrected chi connectivity index (χ3v) is 7.21. The van der Waals surface area contributed by atoms with E-state index in [9.17, 15) is 14.4 Å². The smallest absolute Gasteiger partial charge is 0.328 e. The van der Waals surface area contributed by atoms with Gasteiger partial charge in [-0.3, -0.25) is 14.5 Å². The highest BCUT2D eigenvalue weighted by molar-refractivity contribution is 6.09. The molecular formula is C26H34N4O4. The van der Waals surface area contributed by atoms with E-state index >= 15 is 0 Å². The fourth-order valence-electron chi connectivity index (χ4n) is 5.14. The summed E-state index contributed by atoms with van der Waals surface area (Å²) in [6.07, 6.45) is 2.71. The summed E-state index contributed by atoms with van der Waals surface area (Å²) in [7, 11) is 0. The molecule has 2 aromatic rings. The Labute approximate surface area is 200 Å². The molecule has 2 fully saturated rings. The molecule has 0 unspecified atom stereocenters. The van der Waals surface area contributed by atoms with Crippen LogP contribution in [0.1, 0.15) is 49.2 Å². The molecule has 2 saturated heterocycles. The maximum atomic E-state index is 13.4. The van der Waals surface area contributed by atoms with E-state index in [2.05, 4.69) is 11.8 Å². The molecule has 8 heteroatoms. The second-order valence-corrected chi connectivity index (χ2v) is 9.54. The third kappa shape index (κ3) is 4.87. The molecule has 4 rings (SSSR count). The minimum absolute atomic E-state index is 0.288. The summed E-state index contributed by atoms with van der Waals surface area (Å²) < 4.78 is 5.76. The molecule has 2 N–H and O–H groups in total. The van der Waals surface area contributed by atoms with E-state index in [1.807, 2.05) is 49.4 Å². The Morgan fingerprint density at radius 2 is 1.79 bits per heavy atom. The number of furan rings is 1. The second-order valence-electron chi connectivity index (χ2n) is 9.54. The van der Waals surface area contributed by atoms with Gasteiger partial charge >= 0.3 is 6.03 Å². The number of amides is 4. The van der Waals surface area contributed by atoms with Crippen molar-refractivity contribution in [1.29, 1.82) is 0 Å². The van der Waals surface area contributed by atoms with E-state index in [4.69, 9.17) is 10.2 Å². The van der Waals surface area contributed by atoms with Crippen LogP contribution in [0.4, 0.5) is 4.79 Å². The van der Waals surface area contributed by atoms with Gasteiger partial charge in [0.2, 0.25) is 5.91 Å². The van der Waals surface area contributed by atoms with E-state index in [0.717, 1.165) is 48.0 Å². The van der Waals surface area contributed by atoms with Gasteiger partial charge in [-0.05, 0) is 56.8 Å². The number of aryl methyl sites for hydroxylation is 1. The molecule has 0 aliphatic carbocycles. The largest absolute Gasteiger partial charge is 0.466 e. The quantitative estimate of drug-likeness (QED) is 0.573. The number of likely N-dealkylation sites (tertiary alicyclic amines) is 1. The normalized spacial score (nSPS) is 19.2. The number of hydrogen-bond acceptors (Lipinski definition) is 5. The monoisotopic (exact) mass is 466 g/mol. The molecule has 1 aromatic heterocycles. The Kier molecular flexibility index (Phi) is 7.07. The molecule has 1 aromatic carbocycles. The van der Waals surface area contributed by atoms with Gasteiger partial charge in [0.15, 0.2) is 0 Å². The van der Waals surface area contributed by atoms with Gasteiger partial charge in [-0.1, -0.05) is 37.3 Å². The third-order valence-electron chi connectivity index (χ3n) is 7.21. The molecule has 0 radical (unpaired) electrons. The Bertz CT molecular complexity index is 1030. The van der Waals surface area contributed by atoms with Crippen molar-refractivity contribution in [3.63, 3.8) is 0 Å². The standard InChI is InChI=1S/C26H34N4O4/c1-19(22-9-8-20(2)34-22)10-14-28-16-12-26(13-17-28)24(32)29(18-23(27)31)25(33)30(26)15-11-21-6-4-3-5-7-21/h3-9,19H,10-18H2,1-2H3,(H2,27,31)/t19-/m1/s1. The summed E-state index contributed by atoms with van der Waals surface area (Å²) in [5, 5.41) is 0. The summed E-state index contributed by atoms with van der Waals surface area (Å²) in [6, 6.07) is 13.5. The molecule has 2 aliphatic heterocycles. The number of primary amides is 1. The van der Waals surface area contributed by atoms with Gasteiger partial charge < -0.3 is 20.0 Å². The first kappa shape index (κ1) is 24.0. The van der Waals surface area contributed by atoms with Crippen molar-refractivity contribution in [2.24, 2.45) is 5.73 Å². The number of benzene rings is 1. The fraction of sp³-hybridized carbons (Fsp3) is 0.500. The van der Waals surface area contributed by atoms with Crippen molar-refractivity contribution in [3.8, 4) is 0 Å². The minimum atomic E-state index is -0.901. The van der Waals surface area contributed by atoms with Gasteiger partial charge in [-0.25, -0.2) is 4.79 Å². The van der Waals surface area contributed by atoms with Gasteiger partial charge in [0.25, 0.3) is 5.91 Å². The fourth-order valence-corrected chi connectivity index (χ4v) is 5.14. The van der Waals surface area contributed by atoms with E-state index in [-0.39, 0.29) is 12.5 Å². The Morgan fingerprint density at radius 1 is 1.09 bits per heavy atom. The van der Waals surface area contributed by atoms with Crippen molar-refractivity contribution in [3.05, 3.63) is 59.5 Å². The van der Waals surface area contributed by atoms with Crippen molar-refractivity contribution >= 4 is 17.8 Å². The van der Waals surface area contributed by atoms with Crippen molar-refractivity contribution in [2.75, 3.05) is 32.7 Å². The number of urea groups is 1. The number of rotatable bonds is 9. The number of nitrogens with zero attached hydrogens (tertiary/aromatic N) is 3.